The third-order valence-electron chi connectivity index (χ3n) is 8.32. The van der Waals surface area contributed by atoms with E-state index in [1.807, 2.05) is 18.2 Å². The summed E-state index contributed by atoms with van der Waals surface area (Å²) < 4.78 is 0. The maximum atomic E-state index is 11.2. The Morgan fingerprint density at radius 2 is 1.15 bits per heavy atom. The Balaban J connectivity index is 1.44. The molecular weight excluding hydrogens is 478 g/mol. The fourth-order valence-corrected chi connectivity index (χ4v) is 6.23. The predicted octanol–water partition coefficient (Wildman–Crippen LogP) is 9.61. The quantitative estimate of drug-likeness (QED) is 0.237. The minimum absolute atomic E-state index is 0.0102. The van der Waals surface area contributed by atoms with Gasteiger partial charge in [0, 0.05) is 22.5 Å². The number of para-hydroxylation sites is 1. The summed E-state index contributed by atoms with van der Waals surface area (Å²) in [7, 11) is 0. The molecule has 0 amide bonds. The third kappa shape index (κ3) is 4.11. The van der Waals surface area contributed by atoms with Gasteiger partial charge in [0.2, 0.25) is 0 Å². The maximum Gasteiger partial charge on any atom is 0.335 e. The number of carbonyl (C=O) groups is 1. The summed E-state index contributed by atoms with van der Waals surface area (Å²) in [6.45, 7) is 4.61. The van der Waals surface area contributed by atoms with Crippen molar-refractivity contribution in [2.24, 2.45) is 0 Å². The van der Waals surface area contributed by atoms with Crippen LogP contribution in [0, 0.1) is 0 Å². The highest BCUT2D eigenvalue weighted by Gasteiger charge is 2.40. The van der Waals surface area contributed by atoms with Gasteiger partial charge >= 0.3 is 5.97 Å². The van der Waals surface area contributed by atoms with Crippen molar-refractivity contribution in [2.75, 3.05) is 4.90 Å². The minimum atomic E-state index is -0.914. The van der Waals surface area contributed by atoms with Crippen molar-refractivity contribution in [3.05, 3.63) is 138 Å². The number of aromatic carboxylic acids is 1. The average molecular weight is 510 g/mol. The number of anilines is 3. The van der Waals surface area contributed by atoms with Gasteiger partial charge in [-0.15, -0.1) is 0 Å². The molecule has 0 saturated heterocycles. The lowest BCUT2D eigenvalue weighted by Crippen LogP contribution is -2.23. The van der Waals surface area contributed by atoms with Crippen LogP contribution in [0.2, 0.25) is 0 Å². The van der Waals surface area contributed by atoms with Gasteiger partial charge in [0.1, 0.15) is 0 Å². The van der Waals surface area contributed by atoms with E-state index >= 15 is 0 Å². The van der Waals surface area contributed by atoms with E-state index in [2.05, 4.69) is 110 Å². The molecule has 0 bridgehead atoms. The SMILES string of the molecule is CCC1(CC)c2ccccc2-c2ccc(N(c3ccccc3)c3ccc(-c4ccc(C(=O)O)cc4)cc3)cc21. The van der Waals surface area contributed by atoms with E-state index < -0.39 is 5.97 Å². The van der Waals surface area contributed by atoms with Gasteiger partial charge in [-0.1, -0.05) is 86.6 Å². The molecule has 5 aromatic carbocycles. The molecule has 1 N–H and O–H groups in total. The highest BCUT2D eigenvalue weighted by atomic mass is 16.4. The fraction of sp³-hybridized carbons (Fsp3) is 0.139. The van der Waals surface area contributed by atoms with Crippen LogP contribution in [-0.2, 0) is 5.41 Å². The van der Waals surface area contributed by atoms with Gasteiger partial charge in [0.05, 0.1) is 5.56 Å². The van der Waals surface area contributed by atoms with Crippen molar-refractivity contribution >= 4 is 23.0 Å². The molecule has 0 radical (unpaired) electrons. The van der Waals surface area contributed by atoms with Gasteiger partial charge < -0.3 is 10.0 Å². The molecule has 0 spiro atoms. The van der Waals surface area contributed by atoms with E-state index in [0.717, 1.165) is 41.0 Å². The molecule has 0 heterocycles. The van der Waals surface area contributed by atoms with Gasteiger partial charge in [-0.25, -0.2) is 4.79 Å². The molecule has 192 valence electrons. The van der Waals surface area contributed by atoms with E-state index in [0.29, 0.717) is 5.56 Å². The summed E-state index contributed by atoms with van der Waals surface area (Å²) in [6, 6.07) is 41.8. The smallest absolute Gasteiger partial charge is 0.335 e. The Hall–Kier alpha value is -4.63. The number of carboxylic acid groups (broad SMARTS) is 1. The Kier molecular flexibility index (Phi) is 6.28. The van der Waals surface area contributed by atoms with Gasteiger partial charge in [0.15, 0.2) is 0 Å². The van der Waals surface area contributed by atoms with Crippen LogP contribution in [0.15, 0.2) is 121 Å². The van der Waals surface area contributed by atoms with Crippen molar-refractivity contribution < 1.29 is 9.90 Å². The lowest BCUT2D eigenvalue weighted by atomic mass is 9.74. The van der Waals surface area contributed by atoms with Crippen LogP contribution in [0.3, 0.4) is 0 Å². The Morgan fingerprint density at radius 1 is 0.615 bits per heavy atom. The number of hydrogen-bond donors (Lipinski definition) is 1. The van der Waals surface area contributed by atoms with Crippen LogP contribution < -0.4 is 4.90 Å². The third-order valence-corrected chi connectivity index (χ3v) is 8.32. The van der Waals surface area contributed by atoms with Crippen LogP contribution in [0.25, 0.3) is 22.3 Å². The summed E-state index contributed by atoms with van der Waals surface area (Å²) in [5.74, 6) is -0.914. The number of fused-ring (bicyclic) bond motifs is 3. The molecular formula is C36H31NO2. The molecule has 0 aliphatic heterocycles. The number of benzene rings is 5. The van der Waals surface area contributed by atoms with Crippen LogP contribution in [0.4, 0.5) is 17.1 Å². The van der Waals surface area contributed by atoms with Gasteiger partial charge in [-0.2, -0.15) is 0 Å². The van der Waals surface area contributed by atoms with Gasteiger partial charge in [-0.05, 0) is 94.8 Å². The molecule has 5 aromatic rings. The zero-order chi connectivity index (χ0) is 27.0. The molecule has 3 heteroatoms. The number of rotatable bonds is 7. The zero-order valence-corrected chi connectivity index (χ0v) is 22.3. The monoisotopic (exact) mass is 509 g/mol. The van der Waals surface area contributed by atoms with Crippen LogP contribution in [-0.4, -0.2) is 11.1 Å². The molecule has 1 aliphatic rings. The Bertz CT molecular complexity index is 1630. The Morgan fingerprint density at radius 3 is 1.79 bits per heavy atom. The van der Waals surface area contributed by atoms with Crippen LogP contribution >= 0.6 is 0 Å². The number of hydrogen-bond acceptors (Lipinski definition) is 2. The van der Waals surface area contributed by atoms with Crippen molar-refractivity contribution in [1.82, 2.24) is 0 Å². The summed E-state index contributed by atoms with van der Waals surface area (Å²) in [4.78, 5) is 13.6. The van der Waals surface area contributed by atoms with Crippen molar-refractivity contribution in [3.63, 3.8) is 0 Å². The number of carboxylic acids is 1. The second-order valence-electron chi connectivity index (χ2n) is 10.2. The molecule has 0 saturated carbocycles. The van der Waals surface area contributed by atoms with E-state index in [-0.39, 0.29) is 5.41 Å². The zero-order valence-electron chi connectivity index (χ0n) is 22.3. The molecule has 0 fully saturated rings. The molecule has 1 aliphatic carbocycles. The van der Waals surface area contributed by atoms with Crippen LogP contribution in [0.1, 0.15) is 48.2 Å². The summed E-state index contributed by atoms with van der Waals surface area (Å²) in [5, 5.41) is 9.23. The molecule has 3 nitrogen and oxygen atoms in total. The molecule has 0 atom stereocenters. The van der Waals surface area contributed by atoms with E-state index in [4.69, 9.17) is 0 Å². The van der Waals surface area contributed by atoms with Crippen molar-refractivity contribution in [2.45, 2.75) is 32.1 Å². The second kappa shape index (κ2) is 9.92. The van der Waals surface area contributed by atoms with E-state index in [9.17, 15) is 9.90 Å². The summed E-state index contributed by atoms with van der Waals surface area (Å²) in [5.41, 5.74) is 11.2. The second-order valence-corrected chi connectivity index (χ2v) is 10.2. The molecule has 6 rings (SSSR count). The Labute approximate surface area is 230 Å². The normalized spacial score (nSPS) is 13.0. The predicted molar refractivity (Wildman–Crippen MR) is 160 cm³/mol. The lowest BCUT2D eigenvalue weighted by Gasteiger charge is -2.31. The van der Waals surface area contributed by atoms with Crippen molar-refractivity contribution in [1.29, 1.82) is 0 Å². The highest BCUT2D eigenvalue weighted by molar-refractivity contribution is 5.89. The van der Waals surface area contributed by atoms with Crippen LogP contribution in [0.5, 0.6) is 0 Å². The standard InChI is InChI=1S/C36H31NO2/c1-3-36(4-2)33-13-9-8-12-31(33)32-23-22-30(24-34(32)36)37(28-10-6-5-7-11-28)29-20-18-26(19-21-29)25-14-16-27(17-15-25)35(38)39/h5-24H,3-4H2,1-2H3,(H,38,39). The fourth-order valence-electron chi connectivity index (χ4n) is 6.23. The first-order valence-electron chi connectivity index (χ1n) is 13.6. The first-order chi connectivity index (χ1) is 19.1. The highest BCUT2D eigenvalue weighted by Crippen LogP contribution is 2.54. The molecule has 0 aromatic heterocycles. The molecule has 0 unspecified atom stereocenters. The maximum absolute atomic E-state index is 11.2. The van der Waals surface area contributed by atoms with E-state index in [1.165, 1.54) is 22.3 Å². The van der Waals surface area contributed by atoms with E-state index in [1.54, 1.807) is 12.1 Å². The first-order valence-corrected chi connectivity index (χ1v) is 13.6. The summed E-state index contributed by atoms with van der Waals surface area (Å²) in [6.07, 6.45) is 2.11. The topological polar surface area (TPSA) is 40.5 Å². The lowest BCUT2D eigenvalue weighted by molar-refractivity contribution is 0.0697. The minimum Gasteiger partial charge on any atom is -0.478 e. The largest absolute Gasteiger partial charge is 0.478 e. The number of nitrogens with zero attached hydrogens (tertiary/aromatic N) is 1. The van der Waals surface area contributed by atoms with Crippen molar-refractivity contribution in [3.8, 4) is 22.3 Å². The summed E-state index contributed by atoms with van der Waals surface area (Å²) >= 11 is 0. The molecule has 39 heavy (non-hydrogen) atoms. The van der Waals surface area contributed by atoms with Gasteiger partial charge in [0.25, 0.3) is 0 Å². The van der Waals surface area contributed by atoms with Gasteiger partial charge in [-0.3, -0.25) is 0 Å². The average Bonchev–Trinajstić information content (AvgIpc) is 3.28. The first kappa shape index (κ1) is 24.7.